The van der Waals surface area contributed by atoms with Crippen LogP contribution in [0.2, 0.25) is 0 Å². The number of aryl methyl sites for hydroxylation is 1. The van der Waals surface area contributed by atoms with Gasteiger partial charge in [0.25, 0.3) is 0 Å². The van der Waals surface area contributed by atoms with Gasteiger partial charge in [0, 0.05) is 37.7 Å². The van der Waals surface area contributed by atoms with E-state index in [2.05, 4.69) is 9.82 Å². The van der Waals surface area contributed by atoms with Gasteiger partial charge in [-0.1, -0.05) is 0 Å². The lowest BCUT2D eigenvalue weighted by molar-refractivity contribution is 0.568. The predicted octanol–water partition coefficient (Wildman–Crippen LogP) is 0.740. The van der Waals surface area contributed by atoms with Gasteiger partial charge < -0.3 is 10.3 Å². The van der Waals surface area contributed by atoms with Gasteiger partial charge in [0.05, 0.1) is 17.1 Å². The number of aromatic nitrogens is 3. The van der Waals surface area contributed by atoms with Crippen molar-refractivity contribution in [3.8, 4) is 0 Å². The summed E-state index contributed by atoms with van der Waals surface area (Å²) in [5.74, 6) is 0. The molecule has 7 nitrogen and oxygen atoms in total. The molecule has 0 aromatic carbocycles. The molecular formula is C13H21N5O2S. The van der Waals surface area contributed by atoms with Crippen LogP contribution in [0.5, 0.6) is 0 Å². The Morgan fingerprint density at radius 1 is 1.38 bits per heavy atom. The van der Waals surface area contributed by atoms with Crippen molar-refractivity contribution in [3.63, 3.8) is 0 Å². The van der Waals surface area contributed by atoms with Crippen molar-refractivity contribution >= 4 is 10.0 Å². The van der Waals surface area contributed by atoms with E-state index in [1.54, 1.807) is 36.3 Å². The van der Waals surface area contributed by atoms with Crippen LogP contribution in [0.4, 0.5) is 0 Å². The van der Waals surface area contributed by atoms with Gasteiger partial charge in [-0.15, -0.1) is 0 Å². The molecule has 0 bridgehead atoms. The van der Waals surface area contributed by atoms with Crippen LogP contribution in [0.15, 0.2) is 29.4 Å². The number of nitrogens with zero attached hydrogens (tertiary/aromatic N) is 3. The summed E-state index contributed by atoms with van der Waals surface area (Å²) in [6.45, 7) is 4.47. The average molecular weight is 311 g/mol. The van der Waals surface area contributed by atoms with Crippen LogP contribution < -0.4 is 10.5 Å². The molecule has 2 rings (SSSR count). The van der Waals surface area contributed by atoms with E-state index in [0.717, 1.165) is 11.4 Å². The molecular weight excluding hydrogens is 290 g/mol. The Hall–Kier alpha value is -1.64. The second-order valence-electron chi connectivity index (χ2n) is 5.14. The molecule has 0 aliphatic rings. The van der Waals surface area contributed by atoms with Gasteiger partial charge in [-0.25, -0.2) is 13.1 Å². The molecule has 0 aliphatic carbocycles. The lowest BCUT2D eigenvalue weighted by Gasteiger charge is -2.10. The zero-order chi connectivity index (χ0) is 15.6. The Kier molecular flexibility index (Phi) is 4.50. The first-order chi connectivity index (χ1) is 9.85. The van der Waals surface area contributed by atoms with Crippen molar-refractivity contribution in [1.29, 1.82) is 0 Å². The fraction of sp³-hybridized carbons (Fsp3) is 0.462. The first-order valence-electron chi connectivity index (χ1n) is 6.72. The highest BCUT2D eigenvalue weighted by atomic mass is 32.2. The van der Waals surface area contributed by atoms with E-state index in [1.165, 1.54) is 0 Å². The number of hydrogen-bond donors (Lipinski definition) is 2. The molecule has 116 valence electrons. The third-order valence-corrected chi connectivity index (χ3v) is 4.72. The van der Waals surface area contributed by atoms with Crippen molar-refractivity contribution in [1.82, 2.24) is 19.1 Å². The molecule has 8 heteroatoms. The quantitative estimate of drug-likeness (QED) is 0.822. The molecule has 3 N–H and O–H groups in total. The number of hydrogen-bond acceptors (Lipinski definition) is 4. The Balaban J connectivity index is 2.21. The summed E-state index contributed by atoms with van der Waals surface area (Å²) in [6, 6.07) is 3.54. The topological polar surface area (TPSA) is 94.9 Å². The van der Waals surface area contributed by atoms with Crippen LogP contribution in [-0.2, 0) is 30.2 Å². The summed E-state index contributed by atoms with van der Waals surface area (Å²) in [4.78, 5) is 0.235. The minimum Gasteiger partial charge on any atom is -0.346 e. The Labute approximate surface area is 124 Å². The van der Waals surface area contributed by atoms with Gasteiger partial charge in [0.1, 0.15) is 0 Å². The smallest absolute Gasteiger partial charge is 0.242 e. The second kappa shape index (κ2) is 6.00. The Bertz CT molecular complexity index is 715. The molecule has 0 saturated heterocycles. The van der Waals surface area contributed by atoms with E-state index in [1.807, 2.05) is 18.4 Å². The molecule has 2 heterocycles. The molecule has 0 amide bonds. The summed E-state index contributed by atoms with van der Waals surface area (Å²) >= 11 is 0. The van der Waals surface area contributed by atoms with Crippen LogP contribution in [-0.4, -0.2) is 22.8 Å². The van der Waals surface area contributed by atoms with Crippen LogP contribution in [0.1, 0.15) is 31.3 Å². The van der Waals surface area contributed by atoms with Crippen molar-refractivity contribution in [2.24, 2.45) is 12.8 Å². The molecule has 0 aliphatic heterocycles. The lowest BCUT2D eigenvalue weighted by atomic mass is 10.3. The van der Waals surface area contributed by atoms with Crippen LogP contribution >= 0.6 is 0 Å². The van der Waals surface area contributed by atoms with Gasteiger partial charge >= 0.3 is 0 Å². The SMILES string of the molecule is CC(C)n1cc(S(=O)(=O)NCc2ccnn2C)cc1CN. The zero-order valence-corrected chi connectivity index (χ0v) is 13.3. The van der Waals surface area contributed by atoms with Gasteiger partial charge in [-0.05, 0) is 26.0 Å². The number of rotatable bonds is 6. The molecule has 0 atom stereocenters. The summed E-state index contributed by atoms with van der Waals surface area (Å²) in [6.07, 6.45) is 3.25. The van der Waals surface area contributed by atoms with Gasteiger partial charge in [-0.3, -0.25) is 4.68 Å². The maximum atomic E-state index is 12.3. The van der Waals surface area contributed by atoms with Crippen molar-refractivity contribution in [2.45, 2.75) is 37.9 Å². The molecule has 0 saturated carbocycles. The predicted molar refractivity (Wildman–Crippen MR) is 79.9 cm³/mol. The van der Waals surface area contributed by atoms with Crippen LogP contribution in [0.25, 0.3) is 0 Å². The molecule has 21 heavy (non-hydrogen) atoms. The van der Waals surface area contributed by atoms with E-state index in [4.69, 9.17) is 5.73 Å². The van der Waals surface area contributed by atoms with Crippen molar-refractivity contribution in [2.75, 3.05) is 0 Å². The number of nitrogens with two attached hydrogens (primary N) is 1. The molecule has 0 spiro atoms. The van der Waals surface area contributed by atoms with Crippen LogP contribution in [0.3, 0.4) is 0 Å². The van der Waals surface area contributed by atoms with Gasteiger partial charge in [-0.2, -0.15) is 5.10 Å². The fourth-order valence-electron chi connectivity index (χ4n) is 2.12. The van der Waals surface area contributed by atoms with E-state index in [-0.39, 0.29) is 17.5 Å². The first-order valence-corrected chi connectivity index (χ1v) is 8.21. The van der Waals surface area contributed by atoms with Gasteiger partial charge in [0.2, 0.25) is 10.0 Å². The highest BCUT2D eigenvalue weighted by Crippen LogP contribution is 2.18. The van der Waals surface area contributed by atoms with Crippen molar-refractivity contribution in [3.05, 3.63) is 35.9 Å². The minimum absolute atomic E-state index is 0.157. The summed E-state index contributed by atoms with van der Waals surface area (Å²) < 4.78 is 30.8. The monoisotopic (exact) mass is 311 g/mol. The van der Waals surface area contributed by atoms with E-state index < -0.39 is 10.0 Å². The lowest BCUT2D eigenvalue weighted by Crippen LogP contribution is -2.24. The first kappa shape index (κ1) is 15.7. The van der Waals surface area contributed by atoms with E-state index >= 15 is 0 Å². The largest absolute Gasteiger partial charge is 0.346 e. The molecule has 0 radical (unpaired) electrons. The molecule has 2 aromatic rings. The van der Waals surface area contributed by atoms with E-state index in [9.17, 15) is 8.42 Å². The summed E-state index contributed by atoms with van der Waals surface area (Å²) in [7, 11) is -1.80. The minimum atomic E-state index is -3.57. The number of sulfonamides is 1. The molecule has 2 aromatic heterocycles. The highest BCUT2D eigenvalue weighted by Gasteiger charge is 2.19. The van der Waals surface area contributed by atoms with Crippen LogP contribution in [0, 0.1) is 0 Å². The normalized spacial score (nSPS) is 12.2. The van der Waals surface area contributed by atoms with E-state index in [0.29, 0.717) is 6.54 Å². The highest BCUT2D eigenvalue weighted by molar-refractivity contribution is 7.89. The number of nitrogens with one attached hydrogen (secondary N) is 1. The van der Waals surface area contributed by atoms with Crippen molar-refractivity contribution < 1.29 is 8.42 Å². The summed E-state index contributed by atoms with van der Waals surface area (Å²) in [5, 5.41) is 4.01. The summed E-state index contributed by atoms with van der Waals surface area (Å²) in [5.41, 5.74) is 7.26. The maximum absolute atomic E-state index is 12.3. The third-order valence-electron chi connectivity index (χ3n) is 3.35. The standard InChI is InChI=1S/C13H21N5O2S/c1-10(2)18-9-13(6-12(18)7-14)21(19,20)16-8-11-4-5-15-17(11)3/h4-6,9-10,16H,7-8,14H2,1-3H3. The Morgan fingerprint density at radius 3 is 2.57 bits per heavy atom. The Morgan fingerprint density at radius 2 is 2.10 bits per heavy atom. The molecule has 0 unspecified atom stereocenters. The average Bonchev–Trinajstić information content (AvgIpc) is 3.02. The zero-order valence-electron chi connectivity index (χ0n) is 12.4. The third kappa shape index (κ3) is 3.34. The second-order valence-corrected chi connectivity index (χ2v) is 6.91. The molecule has 0 fully saturated rings. The maximum Gasteiger partial charge on any atom is 0.242 e. The fourth-order valence-corrected chi connectivity index (χ4v) is 3.16. The van der Waals surface area contributed by atoms with Gasteiger partial charge in [0.15, 0.2) is 0 Å².